The molecule has 0 saturated carbocycles. The van der Waals surface area contributed by atoms with Gasteiger partial charge in [-0.3, -0.25) is 0 Å². The number of aliphatic hydroxyl groups excluding tert-OH is 1. The zero-order valence-electron chi connectivity index (χ0n) is 11.4. The van der Waals surface area contributed by atoms with Crippen molar-refractivity contribution < 1.29 is 9.84 Å². The van der Waals surface area contributed by atoms with E-state index in [0.29, 0.717) is 0 Å². The first kappa shape index (κ1) is 15.0. The second-order valence-corrected chi connectivity index (χ2v) is 6.10. The van der Waals surface area contributed by atoms with E-state index in [-0.39, 0.29) is 12.1 Å². The number of aliphatic hydroxyl groups is 1. The Morgan fingerprint density at radius 1 is 1.37 bits per heavy atom. The van der Waals surface area contributed by atoms with Crippen LogP contribution in [0, 0.1) is 6.92 Å². The molecule has 1 fully saturated rings. The molecule has 1 aliphatic heterocycles. The number of ether oxygens (including phenoxy) is 1. The predicted molar refractivity (Wildman–Crippen MR) is 80.2 cm³/mol. The van der Waals surface area contributed by atoms with E-state index in [1.807, 2.05) is 0 Å². The van der Waals surface area contributed by atoms with Crippen LogP contribution in [-0.2, 0) is 11.3 Å². The number of hydrogen-bond acceptors (Lipinski definition) is 3. The normalized spacial score (nSPS) is 18.5. The molecule has 0 unspecified atom stereocenters. The van der Waals surface area contributed by atoms with E-state index in [2.05, 4.69) is 46.4 Å². The molecule has 0 radical (unpaired) electrons. The van der Waals surface area contributed by atoms with Crippen LogP contribution in [0.2, 0.25) is 0 Å². The minimum absolute atomic E-state index is 0.0295. The van der Waals surface area contributed by atoms with Crippen LogP contribution in [0.25, 0.3) is 0 Å². The van der Waals surface area contributed by atoms with Gasteiger partial charge in [0.1, 0.15) is 0 Å². The second-order valence-electron chi connectivity index (χ2n) is 5.24. The van der Waals surface area contributed by atoms with Gasteiger partial charge >= 0.3 is 0 Å². The largest absolute Gasteiger partial charge is 0.396 e. The van der Waals surface area contributed by atoms with Crippen molar-refractivity contribution in [3.05, 3.63) is 33.8 Å². The molecule has 1 aromatic carbocycles. The maximum Gasteiger partial charge on any atom is 0.0483 e. The van der Waals surface area contributed by atoms with Gasteiger partial charge < -0.3 is 15.2 Å². The molecular weight excluding hydrogens is 306 g/mol. The third-order valence-corrected chi connectivity index (χ3v) is 4.93. The average molecular weight is 328 g/mol. The Hall–Kier alpha value is -0.420. The summed E-state index contributed by atoms with van der Waals surface area (Å²) in [5, 5.41) is 13.0. The van der Waals surface area contributed by atoms with Gasteiger partial charge in [0.05, 0.1) is 0 Å². The highest BCUT2D eigenvalue weighted by molar-refractivity contribution is 9.10. The highest BCUT2D eigenvalue weighted by atomic mass is 79.9. The zero-order chi connectivity index (χ0) is 13.7. The van der Waals surface area contributed by atoms with Crippen LogP contribution in [0.15, 0.2) is 22.7 Å². The highest BCUT2D eigenvalue weighted by Gasteiger charge is 2.31. The smallest absolute Gasteiger partial charge is 0.0483 e. The molecule has 106 valence electrons. The SMILES string of the molecule is Cc1c(Br)cccc1CNC1(CCO)CCOCC1. The predicted octanol–water partition coefficient (Wildman–Crippen LogP) is 2.78. The second kappa shape index (κ2) is 6.84. The van der Waals surface area contributed by atoms with Gasteiger partial charge in [0.15, 0.2) is 0 Å². The molecule has 0 atom stereocenters. The van der Waals surface area contributed by atoms with Crippen molar-refractivity contribution >= 4 is 15.9 Å². The van der Waals surface area contributed by atoms with Crippen molar-refractivity contribution in [3.63, 3.8) is 0 Å². The first-order chi connectivity index (χ1) is 9.17. The summed E-state index contributed by atoms with van der Waals surface area (Å²) < 4.78 is 6.58. The fraction of sp³-hybridized carbons (Fsp3) is 0.600. The molecule has 1 heterocycles. The minimum atomic E-state index is 0.0295. The summed E-state index contributed by atoms with van der Waals surface area (Å²) in [6.45, 7) is 4.76. The van der Waals surface area contributed by atoms with Gasteiger partial charge in [0, 0.05) is 36.4 Å². The molecule has 1 aromatic rings. The van der Waals surface area contributed by atoms with Crippen molar-refractivity contribution in [2.45, 2.75) is 38.3 Å². The summed E-state index contributed by atoms with van der Waals surface area (Å²) in [6, 6.07) is 6.28. The molecule has 1 aliphatic rings. The molecule has 2 rings (SSSR count). The van der Waals surface area contributed by atoms with Crippen LogP contribution in [0.3, 0.4) is 0 Å². The molecule has 4 heteroatoms. The molecule has 0 aliphatic carbocycles. The van der Waals surface area contributed by atoms with Gasteiger partial charge in [-0.05, 0) is 43.4 Å². The van der Waals surface area contributed by atoms with Crippen molar-refractivity contribution in [1.82, 2.24) is 5.32 Å². The lowest BCUT2D eigenvalue weighted by atomic mass is 9.86. The van der Waals surface area contributed by atoms with Crippen molar-refractivity contribution in [3.8, 4) is 0 Å². The molecule has 3 nitrogen and oxygen atoms in total. The molecule has 2 N–H and O–H groups in total. The Balaban J connectivity index is 2.04. The fourth-order valence-corrected chi connectivity index (χ4v) is 3.02. The van der Waals surface area contributed by atoms with E-state index in [1.54, 1.807) is 0 Å². The maximum atomic E-state index is 9.29. The summed E-state index contributed by atoms with van der Waals surface area (Å²) >= 11 is 3.57. The maximum absolute atomic E-state index is 9.29. The van der Waals surface area contributed by atoms with E-state index in [0.717, 1.165) is 43.5 Å². The van der Waals surface area contributed by atoms with Gasteiger partial charge in [-0.1, -0.05) is 28.1 Å². The lowest BCUT2D eigenvalue weighted by Gasteiger charge is -2.38. The summed E-state index contributed by atoms with van der Waals surface area (Å²) in [5.74, 6) is 0. The van der Waals surface area contributed by atoms with Gasteiger partial charge in [-0.25, -0.2) is 0 Å². The number of hydrogen-bond donors (Lipinski definition) is 2. The first-order valence-electron chi connectivity index (χ1n) is 6.84. The molecule has 0 aromatic heterocycles. The van der Waals surface area contributed by atoms with Crippen molar-refractivity contribution in [1.29, 1.82) is 0 Å². The topological polar surface area (TPSA) is 41.5 Å². The summed E-state index contributed by atoms with van der Waals surface area (Å²) in [4.78, 5) is 0. The number of nitrogens with one attached hydrogen (secondary N) is 1. The fourth-order valence-electron chi connectivity index (χ4n) is 2.62. The van der Waals surface area contributed by atoms with Crippen molar-refractivity contribution in [2.24, 2.45) is 0 Å². The number of halogens is 1. The summed E-state index contributed by atoms with van der Waals surface area (Å²) in [5.41, 5.74) is 2.61. The lowest BCUT2D eigenvalue weighted by Crippen LogP contribution is -2.49. The Bertz CT molecular complexity index is 411. The van der Waals surface area contributed by atoms with E-state index in [4.69, 9.17) is 4.74 Å². The first-order valence-corrected chi connectivity index (χ1v) is 7.64. The number of benzene rings is 1. The minimum Gasteiger partial charge on any atom is -0.396 e. The molecule has 0 spiro atoms. The van der Waals surface area contributed by atoms with Crippen LogP contribution in [0.4, 0.5) is 0 Å². The van der Waals surface area contributed by atoms with Gasteiger partial charge in [0.25, 0.3) is 0 Å². The Labute approximate surface area is 123 Å². The standard InChI is InChI=1S/C15H22BrNO2/c1-12-13(3-2-4-14(12)16)11-17-15(5-8-18)6-9-19-10-7-15/h2-4,17-18H,5-11H2,1H3. The Morgan fingerprint density at radius 2 is 2.11 bits per heavy atom. The van der Waals surface area contributed by atoms with Crippen molar-refractivity contribution in [2.75, 3.05) is 19.8 Å². The lowest BCUT2D eigenvalue weighted by molar-refractivity contribution is 0.0267. The molecule has 0 bridgehead atoms. The summed E-state index contributed by atoms with van der Waals surface area (Å²) in [6.07, 6.45) is 2.74. The number of rotatable bonds is 5. The zero-order valence-corrected chi connectivity index (χ0v) is 13.0. The third-order valence-electron chi connectivity index (χ3n) is 4.07. The van der Waals surface area contributed by atoms with E-state index in [9.17, 15) is 5.11 Å². The van der Waals surface area contributed by atoms with E-state index < -0.39 is 0 Å². The monoisotopic (exact) mass is 327 g/mol. The van der Waals surface area contributed by atoms with Crippen LogP contribution >= 0.6 is 15.9 Å². The highest BCUT2D eigenvalue weighted by Crippen LogP contribution is 2.26. The van der Waals surface area contributed by atoms with Crippen LogP contribution in [0.1, 0.15) is 30.4 Å². The van der Waals surface area contributed by atoms with E-state index in [1.165, 1.54) is 11.1 Å². The van der Waals surface area contributed by atoms with Crippen LogP contribution < -0.4 is 5.32 Å². The van der Waals surface area contributed by atoms with E-state index >= 15 is 0 Å². The molecular formula is C15H22BrNO2. The van der Waals surface area contributed by atoms with Gasteiger partial charge in [-0.15, -0.1) is 0 Å². The van der Waals surface area contributed by atoms with Crippen LogP contribution in [0.5, 0.6) is 0 Å². The molecule has 19 heavy (non-hydrogen) atoms. The van der Waals surface area contributed by atoms with Gasteiger partial charge in [-0.2, -0.15) is 0 Å². The van der Waals surface area contributed by atoms with Gasteiger partial charge in [0.2, 0.25) is 0 Å². The molecule has 1 saturated heterocycles. The quantitative estimate of drug-likeness (QED) is 0.873. The molecule has 0 amide bonds. The Morgan fingerprint density at radius 3 is 2.79 bits per heavy atom. The summed E-state index contributed by atoms with van der Waals surface area (Å²) in [7, 11) is 0. The third kappa shape index (κ3) is 3.78. The Kier molecular flexibility index (Phi) is 5.39. The average Bonchev–Trinajstić information content (AvgIpc) is 2.42. The van der Waals surface area contributed by atoms with Crippen LogP contribution in [-0.4, -0.2) is 30.5 Å².